The molecule has 0 bridgehead atoms. The second-order valence-corrected chi connectivity index (χ2v) is 6.72. The first-order valence-corrected chi connectivity index (χ1v) is 10.0. The number of carbonyl (C=O) groups is 1. The van der Waals surface area contributed by atoms with E-state index in [4.69, 9.17) is 14.5 Å². The maximum absolute atomic E-state index is 11.9. The molecule has 1 heterocycles. The van der Waals surface area contributed by atoms with Crippen LogP contribution in [0.5, 0.6) is 5.75 Å². The fraction of sp³-hybridized carbons (Fsp3) is 0.619. The van der Waals surface area contributed by atoms with Gasteiger partial charge in [-0.15, -0.1) is 24.0 Å². The van der Waals surface area contributed by atoms with Crippen LogP contribution in [0, 0.1) is 12.8 Å². The third-order valence-corrected chi connectivity index (χ3v) is 4.70. The summed E-state index contributed by atoms with van der Waals surface area (Å²) in [6.07, 6.45) is 1.62. The minimum atomic E-state index is -0.0658. The predicted molar refractivity (Wildman–Crippen MR) is 124 cm³/mol. The van der Waals surface area contributed by atoms with Crippen LogP contribution in [0.15, 0.2) is 23.2 Å². The largest absolute Gasteiger partial charge is 0.494 e. The molecule has 1 aliphatic heterocycles. The van der Waals surface area contributed by atoms with E-state index < -0.39 is 0 Å². The summed E-state index contributed by atoms with van der Waals surface area (Å²) in [5, 5.41) is 3.37. The molecule has 0 spiro atoms. The summed E-state index contributed by atoms with van der Waals surface area (Å²) >= 11 is 0. The van der Waals surface area contributed by atoms with Crippen LogP contribution in [0.1, 0.15) is 44.7 Å². The number of guanidine groups is 1. The Morgan fingerprint density at radius 1 is 1.21 bits per heavy atom. The van der Waals surface area contributed by atoms with Gasteiger partial charge in [0.25, 0.3) is 0 Å². The number of benzene rings is 1. The van der Waals surface area contributed by atoms with Crippen molar-refractivity contribution in [3.8, 4) is 5.75 Å². The second-order valence-electron chi connectivity index (χ2n) is 6.72. The molecule has 0 unspecified atom stereocenters. The van der Waals surface area contributed by atoms with E-state index in [1.54, 1.807) is 0 Å². The molecule has 2 rings (SSSR count). The van der Waals surface area contributed by atoms with Crippen LogP contribution in [0.3, 0.4) is 0 Å². The Balaban J connectivity index is 0.00000392. The normalized spacial score (nSPS) is 15.0. The van der Waals surface area contributed by atoms with Gasteiger partial charge in [-0.2, -0.15) is 0 Å². The molecule has 6 nitrogen and oxygen atoms in total. The Morgan fingerprint density at radius 3 is 2.50 bits per heavy atom. The standard InChI is InChI=1S/C21H33N3O3.HI/c1-5-22-21(24-12-10-18(11-13-24)20(25)27-7-3)23-15-17-8-9-19(26-6-2)16(4)14-17;/h8-9,14,18H,5-7,10-13,15H2,1-4H3,(H,22,23);1H. The number of likely N-dealkylation sites (tertiary alicyclic amines) is 1. The number of hydrogen-bond donors (Lipinski definition) is 1. The minimum absolute atomic E-state index is 0. The number of aryl methyl sites for hydroxylation is 1. The van der Waals surface area contributed by atoms with Crippen molar-refractivity contribution in [1.29, 1.82) is 0 Å². The summed E-state index contributed by atoms with van der Waals surface area (Å²) in [6.45, 7) is 12.2. The average Bonchev–Trinajstić information content (AvgIpc) is 2.67. The number of halogens is 1. The lowest BCUT2D eigenvalue weighted by Gasteiger charge is -2.33. The zero-order valence-electron chi connectivity index (χ0n) is 17.5. The summed E-state index contributed by atoms with van der Waals surface area (Å²) in [4.78, 5) is 19.0. The summed E-state index contributed by atoms with van der Waals surface area (Å²) < 4.78 is 10.8. The summed E-state index contributed by atoms with van der Waals surface area (Å²) in [5.74, 6) is 1.78. The van der Waals surface area contributed by atoms with E-state index >= 15 is 0 Å². The monoisotopic (exact) mass is 503 g/mol. The van der Waals surface area contributed by atoms with Crippen molar-refractivity contribution >= 4 is 35.9 Å². The van der Waals surface area contributed by atoms with Crippen LogP contribution in [0.25, 0.3) is 0 Å². The SMILES string of the molecule is CCNC(=NCc1ccc(OCC)c(C)c1)N1CCC(C(=O)OCC)CC1.I. The van der Waals surface area contributed by atoms with Crippen LogP contribution >= 0.6 is 24.0 Å². The van der Waals surface area contributed by atoms with Gasteiger partial charge in [0.15, 0.2) is 5.96 Å². The lowest BCUT2D eigenvalue weighted by Crippen LogP contribution is -2.46. The van der Waals surface area contributed by atoms with E-state index in [1.165, 1.54) is 0 Å². The number of nitrogens with zero attached hydrogens (tertiary/aromatic N) is 2. The van der Waals surface area contributed by atoms with Crippen molar-refractivity contribution in [3.63, 3.8) is 0 Å². The van der Waals surface area contributed by atoms with E-state index in [2.05, 4.69) is 36.2 Å². The highest BCUT2D eigenvalue weighted by Crippen LogP contribution is 2.21. The van der Waals surface area contributed by atoms with Gasteiger partial charge in [-0.3, -0.25) is 4.79 Å². The number of esters is 1. The number of aliphatic imine (C=N–C) groups is 1. The number of nitrogens with one attached hydrogen (secondary N) is 1. The second kappa shape index (κ2) is 12.9. The Kier molecular flexibility index (Phi) is 11.3. The molecule has 1 fully saturated rings. The van der Waals surface area contributed by atoms with Crippen LogP contribution in [0.2, 0.25) is 0 Å². The minimum Gasteiger partial charge on any atom is -0.494 e. The molecule has 28 heavy (non-hydrogen) atoms. The maximum atomic E-state index is 11.9. The van der Waals surface area contributed by atoms with E-state index in [0.29, 0.717) is 19.8 Å². The van der Waals surface area contributed by atoms with Crippen molar-refractivity contribution < 1.29 is 14.3 Å². The molecule has 1 aromatic carbocycles. The van der Waals surface area contributed by atoms with Crippen molar-refractivity contribution in [3.05, 3.63) is 29.3 Å². The van der Waals surface area contributed by atoms with Crippen molar-refractivity contribution in [1.82, 2.24) is 10.2 Å². The summed E-state index contributed by atoms with van der Waals surface area (Å²) in [6, 6.07) is 6.21. The highest BCUT2D eigenvalue weighted by atomic mass is 127. The van der Waals surface area contributed by atoms with Crippen LogP contribution < -0.4 is 10.1 Å². The third kappa shape index (κ3) is 7.14. The predicted octanol–water partition coefficient (Wildman–Crippen LogP) is 3.75. The van der Waals surface area contributed by atoms with Gasteiger partial charge in [0.2, 0.25) is 0 Å². The number of hydrogen-bond acceptors (Lipinski definition) is 4. The molecule has 1 saturated heterocycles. The zero-order valence-corrected chi connectivity index (χ0v) is 19.8. The Hall–Kier alpha value is -1.51. The quantitative estimate of drug-likeness (QED) is 0.266. The van der Waals surface area contributed by atoms with E-state index in [0.717, 1.165) is 55.3 Å². The number of piperidine rings is 1. The van der Waals surface area contributed by atoms with Crippen LogP contribution in [-0.2, 0) is 16.1 Å². The summed E-state index contributed by atoms with van der Waals surface area (Å²) in [7, 11) is 0. The molecule has 0 aliphatic carbocycles. The molecule has 158 valence electrons. The highest BCUT2D eigenvalue weighted by Gasteiger charge is 2.27. The van der Waals surface area contributed by atoms with Crippen molar-refractivity contribution in [2.75, 3.05) is 32.8 Å². The van der Waals surface area contributed by atoms with Crippen molar-refractivity contribution in [2.45, 2.75) is 47.1 Å². The fourth-order valence-electron chi connectivity index (χ4n) is 3.31. The molecule has 0 atom stereocenters. The smallest absolute Gasteiger partial charge is 0.309 e. The Morgan fingerprint density at radius 2 is 1.93 bits per heavy atom. The van der Waals surface area contributed by atoms with Crippen LogP contribution in [-0.4, -0.2) is 49.7 Å². The zero-order chi connectivity index (χ0) is 19.6. The molecule has 7 heteroatoms. The van der Waals surface area contributed by atoms with E-state index in [-0.39, 0.29) is 35.9 Å². The molecule has 0 radical (unpaired) electrons. The maximum Gasteiger partial charge on any atom is 0.309 e. The number of rotatable bonds is 7. The molecule has 0 saturated carbocycles. The highest BCUT2D eigenvalue weighted by molar-refractivity contribution is 14.0. The topological polar surface area (TPSA) is 63.2 Å². The first-order chi connectivity index (χ1) is 13.1. The van der Waals surface area contributed by atoms with Gasteiger partial charge < -0.3 is 19.7 Å². The first-order valence-electron chi connectivity index (χ1n) is 10.0. The van der Waals surface area contributed by atoms with Gasteiger partial charge in [-0.25, -0.2) is 4.99 Å². The molecular weight excluding hydrogens is 469 g/mol. The molecular formula is C21H34IN3O3. The fourth-order valence-corrected chi connectivity index (χ4v) is 3.31. The van der Waals surface area contributed by atoms with Gasteiger partial charge in [-0.1, -0.05) is 12.1 Å². The Labute approximate surface area is 186 Å². The average molecular weight is 503 g/mol. The van der Waals surface area contributed by atoms with Gasteiger partial charge in [0.1, 0.15) is 5.75 Å². The van der Waals surface area contributed by atoms with Crippen LogP contribution in [0.4, 0.5) is 0 Å². The van der Waals surface area contributed by atoms with E-state index in [1.807, 2.05) is 19.9 Å². The van der Waals surface area contributed by atoms with Gasteiger partial charge in [-0.05, 0) is 57.7 Å². The first kappa shape index (κ1) is 24.5. The van der Waals surface area contributed by atoms with Crippen molar-refractivity contribution in [2.24, 2.45) is 10.9 Å². The number of carbonyl (C=O) groups excluding carboxylic acids is 1. The Bertz CT molecular complexity index is 644. The molecule has 1 aliphatic rings. The van der Waals surface area contributed by atoms with E-state index in [9.17, 15) is 4.79 Å². The molecule has 0 aromatic heterocycles. The molecule has 1 N–H and O–H groups in total. The van der Waals surface area contributed by atoms with Gasteiger partial charge in [0, 0.05) is 19.6 Å². The third-order valence-electron chi connectivity index (χ3n) is 4.70. The summed E-state index contributed by atoms with van der Waals surface area (Å²) in [5.41, 5.74) is 2.29. The molecule has 1 aromatic rings. The lowest BCUT2D eigenvalue weighted by molar-refractivity contribution is -0.149. The lowest BCUT2D eigenvalue weighted by atomic mass is 9.97. The molecule has 0 amide bonds. The number of ether oxygens (including phenoxy) is 2. The van der Waals surface area contributed by atoms with Gasteiger partial charge in [0.05, 0.1) is 25.7 Å². The van der Waals surface area contributed by atoms with Gasteiger partial charge >= 0.3 is 5.97 Å².